The minimum Gasteiger partial charge on any atom is -0.356 e. The van der Waals surface area contributed by atoms with Crippen LogP contribution < -0.4 is 10.6 Å². The lowest BCUT2D eigenvalue weighted by Gasteiger charge is -2.62. The normalized spacial score (nSPS) is 17.8. The van der Waals surface area contributed by atoms with Gasteiger partial charge in [0.1, 0.15) is 0 Å². The summed E-state index contributed by atoms with van der Waals surface area (Å²) in [6.45, 7) is 15.4. The summed E-state index contributed by atoms with van der Waals surface area (Å²) < 4.78 is 0. The molecular formula is C20H33IN4O. The molecule has 0 radical (unpaired) electrons. The predicted octanol–water partition coefficient (Wildman–Crippen LogP) is 3.89. The number of guanidine groups is 1. The maximum Gasteiger partial charge on any atom is 0.221 e. The largest absolute Gasteiger partial charge is 0.356 e. The van der Waals surface area contributed by atoms with E-state index in [0.29, 0.717) is 5.41 Å². The number of likely N-dealkylation sites (tertiary alicyclic amines) is 1. The maximum absolute atomic E-state index is 11.1. The number of carbonyl (C=O) groups excluding carboxylic acids is 1. The van der Waals surface area contributed by atoms with E-state index in [1.165, 1.54) is 12.5 Å². The van der Waals surface area contributed by atoms with Crippen LogP contribution in [0.5, 0.6) is 0 Å². The number of nitrogens with zero attached hydrogens (tertiary/aromatic N) is 2. The molecule has 1 heterocycles. The van der Waals surface area contributed by atoms with Gasteiger partial charge in [-0.25, -0.2) is 0 Å². The highest BCUT2D eigenvalue weighted by Crippen LogP contribution is 2.46. The first kappa shape index (κ1) is 22.7. The second-order valence-corrected chi connectivity index (χ2v) is 7.89. The fraction of sp³-hybridized carbons (Fsp3) is 0.600. The molecule has 0 atom stereocenters. The molecule has 0 bridgehead atoms. The third kappa shape index (κ3) is 5.11. The highest BCUT2D eigenvalue weighted by atomic mass is 127. The Morgan fingerprint density at radius 2 is 1.81 bits per heavy atom. The number of amides is 1. The molecule has 2 N–H and O–H groups in total. The van der Waals surface area contributed by atoms with E-state index in [1.54, 1.807) is 0 Å². The van der Waals surface area contributed by atoms with Gasteiger partial charge < -0.3 is 15.5 Å². The molecule has 1 amide bonds. The van der Waals surface area contributed by atoms with Gasteiger partial charge in [0.15, 0.2) is 5.96 Å². The second kappa shape index (κ2) is 9.06. The molecule has 5 nitrogen and oxygen atoms in total. The lowest BCUT2D eigenvalue weighted by Crippen LogP contribution is -2.72. The first-order valence-corrected chi connectivity index (χ1v) is 9.10. The van der Waals surface area contributed by atoms with E-state index in [2.05, 4.69) is 50.2 Å². The second-order valence-electron chi connectivity index (χ2n) is 7.89. The molecule has 0 saturated carbocycles. The van der Waals surface area contributed by atoms with Crippen molar-refractivity contribution in [2.75, 3.05) is 25.0 Å². The minimum atomic E-state index is -0.0484. The van der Waals surface area contributed by atoms with Crippen LogP contribution in [0.4, 0.5) is 5.69 Å². The molecule has 1 aliphatic rings. The first-order valence-electron chi connectivity index (χ1n) is 9.10. The highest BCUT2D eigenvalue weighted by Gasteiger charge is 2.53. The zero-order valence-corrected chi connectivity index (χ0v) is 19.2. The van der Waals surface area contributed by atoms with Crippen LogP contribution >= 0.6 is 24.0 Å². The van der Waals surface area contributed by atoms with Crippen molar-refractivity contribution in [1.29, 1.82) is 0 Å². The Kier molecular flexibility index (Phi) is 7.92. The lowest BCUT2D eigenvalue weighted by molar-refractivity contribution is -0.114. The minimum absolute atomic E-state index is 0. The summed E-state index contributed by atoms with van der Waals surface area (Å²) >= 11 is 0. The summed E-state index contributed by atoms with van der Waals surface area (Å²) in [6, 6.07) is 7.97. The van der Waals surface area contributed by atoms with Crippen molar-refractivity contribution < 1.29 is 4.79 Å². The number of anilines is 1. The van der Waals surface area contributed by atoms with Gasteiger partial charge in [-0.2, -0.15) is 0 Å². The monoisotopic (exact) mass is 472 g/mol. The van der Waals surface area contributed by atoms with Gasteiger partial charge >= 0.3 is 0 Å². The van der Waals surface area contributed by atoms with Crippen LogP contribution in [0.25, 0.3) is 0 Å². The number of nitrogens with one attached hydrogen (secondary N) is 2. The van der Waals surface area contributed by atoms with E-state index in [1.807, 2.05) is 24.3 Å². The van der Waals surface area contributed by atoms with Crippen LogP contribution in [0.1, 0.15) is 47.1 Å². The molecule has 146 valence electrons. The average Bonchev–Trinajstić information content (AvgIpc) is 2.53. The van der Waals surface area contributed by atoms with Gasteiger partial charge in [0.05, 0.1) is 0 Å². The molecule has 6 heteroatoms. The predicted molar refractivity (Wildman–Crippen MR) is 120 cm³/mol. The number of hydrogen-bond donors (Lipinski definition) is 2. The van der Waals surface area contributed by atoms with Gasteiger partial charge in [-0.3, -0.25) is 9.79 Å². The number of aliphatic imine (C=N–C) groups is 1. The van der Waals surface area contributed by atoms with E-state index in [-0.39, 0.29) is 35.4 Å². The van der Waals surface area contributed by atoms with E-state index in [9.17, 15) is 4.79 Å². The summed E-state index contributed by atoms with van der Waals surface area (Å²) in [7, 11) is 0. The summed E-state index contributed by atoms with van der Waals surface area (Å²) in [6.07, 6.45) is 0.882. The van der Waals surface area contributed by atoms with Crippen LogP contribution in [0.3, 0.4) is 0 Å². The topological polar surface area (TPSA) is 56.7 Å². The third-order valence-electron chi connectivity index (χ3n) is 5.41. The average molecular weight is 472 g/mol. The van der Waals surface area contributed by atoms with E-state index >= 15 is 0 Å². The van der Waals surface area contributed by atoms with Crippen LogP contribution in [0.15, 0.2) is 29.3 Å². The number of halogens is 1. The number of rotatable bonds is 5. The van der Waals surface area contributed by atoms with Crippen LogP contribution in [-0.4, -0.2) is 41.9 Å². The molecule has 1 saturated heterocycles. The summed E-state index contributed by atoms with van der Waals surface area (Å²) in [5.41, 5.74) is 2.45. The van der Waals surface area contributed by atoms with Gasteiger partial charge in [-0.05, 0) is 44.9 Å². The van der Waals surface area contributed by atoms with Gasteiger partial charge in [-0.1, -0.05) is 26.0 Å². The molecule has 26 heavy (non-hydrogen) atoms. The number of carbonyl (C=O) groups is 1. The van der Waals surface area contributed by atoms with Gasteiger partial charge in [-0.15, -0.1) is 24.0 Å². The quantitative estimate of drug-likeness (QED) is 0.389. The van der Waals surface area contributed by atoms with Crippen molar-refractivity contribution in [3.63, 3.8) is 0 Å². The van der Waals surface area contributed by atoms with Crippen molar-refractivity contribution in [2.45, 2.75) is 53.5 Å². The van der Waals surface area contributed by atoms with Crippen LogP contribution in [-0.2, 0) is 11.2 Å². The van der Waals surface area contributed by atoms with Crippen LogP contribution in [0, 0.1) is 5.41 Å². The standard InChI is InChI=1S/C20H32N4O.HI/c1-7-21-18(24-14-19(3,4)20(24,5)6)22-13-12-16-8-10-17(11-9-16)23-15(2)25;/h8-11H,7,12-14H2,1-6H3,(H,21,22)(H,23,25);1H. The summed E-state index contributed by atoms with van der Waals surface area (Å²) in [5, 5.41) is 6.21. The van der Waals surface area contributed by atoms with Crippen molar-refractivity contribution in [3.05, 3.63) is 29.8 Å². The molecule has 0 aliphatic carbocycles. The Balaban J connectivity index is 0.00000338. The molecule has 0 unspecified atom stereocenters. The lowest BCUT2D eigenvalue weighted by atomic mass is 9.65. The Morgan fingerprint density at radius 1 is 1.19 bits per heavy atom. The van der Waals surface area contributed by atoms with E-state index in [4.69, 9.17) is 4.99 Å². The molecule has 2 rings (SSSR count). The molecule has 1 aromatic carbocycles. The smallest absolute Gasteiger partial charge is 0.221 e. The van der Waals surface area contributed by atoms with Crippen molar-refractivity contribution in [1.82, 2.24) is 10.2 Å². The van der Waals surface area contributed by atoms with E-state index in [0.717, 1.165) is 37.7 Å². The van der Waals surface area contributed by atoms with Crippen molar-refractivity contribution >= 4 is 41.5 Å². The first-order chi connectivity index (χ1) is 11.7. The van der Waals surface area contributed by atoms with E-state index < -0.39 is 0 Å². The molecule has 1 aliphatic heterocycles. The summed E-state index contributed by atoms with van der Waals surface area (Å²) in [5.74, 6) is 0.953. The fourth-order valence-electron chi connectivity index (χ4n) is 3.04. The zero-order valence-electron chi connectivity index (χ0n) is 16.8. The highest BCUT2D eigenvalue weighted by molar-refractivity contribution is 14.0. The molecule has 1 aromatic rings. The van der Waals surface area contributed by atoms with Crippen molar-refractivity contribution in [2.24, 2.45) is 10.4 Å². The Bertz CT molecular complexity index is 638. The van der Waals surface area contributed by atoms with Gasteiger partial charge in [0.25, 0.3) is 0 Å². The Morgan fingerprint density at radius 3 is 2.27 bits per heavy atom. The SMILES string of the molecule is CCNC(=NCCc1ccc(NC(C)=O)cc1)N1CC(C)(C)C1(C)C.I. The summed E-state index contributed by atoms with van der Waals surface area (Å²) in [4.78, 5) is 18.3. The zero-order chi connectivity index (χ0) is 18.7. The number of hydrogen-bond acceptors (Lipinski definition) is 2. The Labute approximate surface area is 175 Å². The molecule has 0 aromatic heterocycles. The molecule has 1 fully saturated rings. The maximum atomic E-state index is 11.1. The fourth-order valence-corrected chi connectivity index (χ4v) is 3.04. The van der Waals surface area contributed by atoms with Gasteiger partial charge in [0, 0.05) is 43.2 Å². The number of benzene rings is 1. The Hall–Kier alpha value is -1.31. The molecular weight excluding hydrogens is 439 g/mol. The van der Waals surface area contributed by atoms with Crippen molar-refractivity contribution in [3.8, 4) is 0 Å². The molecule has 0 spiro atoms. The third-order valence-corrected chi connectivity index (χ3v) is 5.41. The van der Waals surface area contributed by atoms with Gasteiger partial charge in [0.2, 0.25) is 5.91 Å². The van der Waals surface area contributed by atoms with Crippen LogP contribution in [0.2, 0.25) is 0 Å².